The van der Waals surface area contributed by atoms with E-state index in [4.69, 9.17) is 0 Å². The summed E-state index contributed by atoms with van der Waals surface area (Å²) < 4.78 is 65.8. The zero-order valence-corrected chi connectivity index (χ0v) is 39.9. The topological polar surface area (TPSA) is 156 Å². The van der Waals surface area contributed by atoms with Gasteiger partial charge in [0.05, 0.1) is 32.0 Å². The molecule has 0 spiro atoms. The predicted molar refractivity (Wildman–Crippen MR) is 260 cm³/mol. The molecule has 12 rings (SSSR count). The smallest absolute Gasteiger partial charge is 0.266 e. The van der Waals surface area contributed by atoms with Crippen LogP contribution >= 0.6 is 0 Å². The van der Waals surface area contributed by atoms with Crippen molar-refractivity contribution in [2.24, 2.45) is 0 Å². The largest absolute Gasteiger partial charge is 0.332 e. The number of carbonyl (C=O) groups is 4. The zero-order chi connectivity index (χ0) is 48.5. The molecule has 4 saturated heterocycles. The van der Waals surface area contributed by atoms with E-state index in [0.29, 0.717) is 11.1 Å². The molecule has 0 bridgehead atoms. The lowest BCUT2D eigenvalue weighted by atomic mass is 9.54. The van der Waals surface area contributed by atoms with Gasteiger partial charge in [0.2, 0.25) is 23.6 Å². The van der Waals surface area contributed by atoms with Crippen LogP contribution in [0.3, 0.4) is 0 Å². The van der Waals surface area contributed by atoms with Gasteiger partial charge in [-0.05, 0) is 71.5 Å². The highest BCUT2D eigenvalue weighted by Crippen LogP contribution is 2.72. The molecule has 6 heterocycles. The Kier molecular flexibility index (Phi) is 9.80. The highest BCUT2D eigenvalue weighted by Gasteiger charge is 2.82. The van der Waals surface area contributed by atoms with E-state index in [9.17, 15) is 0 Å². The summed E-state index contributed by atoms with van der Waals surface area (Å²) in [6.45, 7) is 0. The molecule has 0 aliphatic carbocycles. The SMILES string of the molecule is CN1C(=O)[C@@H]2C[C@@]3([C@@]45C[C@H]6C(=O)N(C)[C@@H](Cc7ccccc7)C(=O)N6[C@@H]4N(S(=O)(=O)c4ccccc4)c4ccccc45)c4ccccc4N(S(=O)(=O)c4ccccc4)[C@H]3N2C(=O)[C@@H]1Cc1ccccc1. The standard InChI is InChI=1S/C54H48N6O8S2/c1-55-43(31-35-19-7-3-8-20-35)49(63)57-45(47(55)61)33-53(39-27-15-17-29-41(39)59(51(53)57)69(65,66)37-23-11-5-12-24-37)54-34-46-48(62)56(2)44(32-36-21-9-4-10-22-36)50(64)58(46)52(54)60(42-30-18-16-28-40(42)54)70(67,68)38-25-13-6-14-26-38/h3-30,43-46,51-52H,31-34H2,1-2H3/t43-,44-,45-,46-,51+,52+,53+,54+/m0/s1. The number of likely N-dealkylation sites (N-methyl/N-ethyl adjacent to an activating group) is 2. The van der Waals surface area contributed by atoms with Crippen molar-refractivity contribution in [2.45, 2.75) is 82.8 Å². The van der Waals surface area contributed by atoms with Gasteiger partial charge in [-0.3, -0.25) is 19.2 Å². The van der Waals surface area contributed by atoms with Crippen LogP contribution in [-0.2, 0) is 62.9 Å². The maximum atomic E-state index is 15.9. The Bertz CT molecular complexity index is 3140. The lowest BCUT2D eigenvalue weighted by Gasteiger charge is -2.50. The molecule has 6 aromatic rings. The van der Waals surface area contributed by atoms with Crippen LogP contribution in [0.5, 0.6) is 0 Å². The molecule has 0 N–H and O–H groups in total. The van der Waals surface area contributed by atoms with Gasteiger partial charge < -0.3 is 19.6 Å². The summed E-state index contributed by atoms with van der Waals surface area (Å²) in [5, 5.41) is 0. The average Bonchev–Trinajstić information content (AvgIpc) is 4.10. The minimum absolute atomic E-state index is 0.0634. The fraction of sp³-hybridized carbons (Fsp3) is 0.259. The van der Waals surface area contributed by atoms with Crippen molar-refractivity contribution in [3.05, 3.63) is 192 Å². The molecule has 4 amide bonds. The molecule has 0 unspecified atom stereocenters. The van der Waals surface area contributed by atoms with E-state index in [1.807, 2.05) is 60.7 Å². The third-order valence-electron chi connectivity index (χ3n) is 16.0. The van der Waals surface area contributed by atoms with Gasteiger partial charge in [0.1, 0.15) is 36.5 Å². The van der Waals surface area contributed by atoms with Crippen LogP contribution in [0, 0.1) is 0 Å². The number of fused-ring (bicyclic) bond motifs is 11. The number of anilines is 2. The summed E-state index contributed by atoms with van der Waals surface area (Å²) >= 11 is 0. The number of hydrogen-bond donors (Lipinski definition) is 0. The van der Waals surface area contributed by atoms with E-state index >= 15 is 36.0 Å². The van der Waals surface area contributed by atoms with Gasteiger partial charge in [-0.1, -0.05) is 133 Å². The van der Waals surface area contributed by atoms with Gasteiger partial charge >= 0.3 is 0 Å². The number of piperazine rings is 2. The molecule has 0 radical (unpaired) electrons. The predicted octanol–water partition coefficient (Wildman–Crippen LogP) is 5.30. The first kappa shape index (κ1) is 43.9. The second-order valence-electron chi connectivity index (χ2n) is 19.2. The van der Waals surface area contributed by atoms with Crippen molar-refractivity contribution in [1.29, 1.82) is 0 Å². The molecule has 6 aromatic carbocycles. The molecule has 16 heteroatoms. The fourth-order valence-electron chi connectivity index (χ4n) is 13.1. The third kappa shape index (κ3) is 5.77. The molecule has 8 atom stereocenters. The molecule has 4 fully saturated rings. The Hall–Kier alpha value is -7.30. The maximum absolute atomic E-state index is 15.9. The Morgan fingerprint density at radius 3 is 1.10 bits per heavy atom. The average molecular weight is 973 g/mol. The third-order valence-corrected chi connectivity index (χ3v) is 19.6. The second kappa shape index (κ2) is 15.6. The van der Waals surface area contributed by atoms with Gasteiger partial charge in [-0.15, -0.1) is 0 Å². The summed E-state index contributed by atoms with van der Waals surface area (Å²) in [4.78, 5) is 68.1. The summed E-state index contributed by atoms with van der Waals surface area (Å²) in [7, 11) is -6.06. The molecule has 6 aliphatic rings. The summed E-state index contributed by atoms with van der Waals surface area (Å²) in [6, 6.07) is 43.8. The number of carbonyl (C=O) groups excluding carboxylic acids is 4. The fourth-order valence-corrected chi connectivity index (χ4v) is 16.5. The van der Waals surface area contributed by atoms with Crippen molar-refractivity contribution in [3.8, 4) is 0 Å². The van der Waals surface area contributed by atoms with Crippen LogP contribution in [0.15, 0.2) is 180 Å². The molecule has 70 heavy (non-hydrogen) atoms. The van der Waals surface area contributed by atoms with Crippen LogP contribution in [0.4, 0.5) is 11.4 Å². The van der Waals surface area contributed by atoms with Crippen molar-refractivity contribution in [2.75, 3.05) is 22.7 Å². The molecule has 0 aromatic heterocycles. The zero-order valence-electron chi connectivity index (χ0n) is 38.2. The number of rotatable bonds is 9. The number of nitrogens with zero attached hydrogens (tertiary/aromatic N) is 6. The molecule has 354 valence electrons. The second-order valence-corrected chi connectivity index (χ2v) is 22.8. The van der Waals surface area contributed by atoms with Crippen LogP contribution in [0.1, 0.15) is 35.1 Å². The first-order chi connectivity index (χ1) is 33.7. The minimum Gasteiger partial charge on any atom is -0.332 e. The Labute approximate surface area is 406 Å². The van der Waals surface area contributed by atoms with E-state index < -0.39 is 91.0 Å². The van der Waals surface area contributed by atoms with Crippen molar-refractivity contribution >= 4 is 55.1 Å². The first-order valence-electron chi connectivity index (χ1n) is 23.4. The van der Waals surface area contributed by atoms with Gasteiger partial charge in [0.25, 0.3) is 20.0 Å². The highest BCUT2D eigenvalue weighted by atomic mass is 32.2. The van der Waals surface area contributed by atoms with Crippen molar-refractivity contribution in [3.63, 3.8) is 0 Å². The van der Waals surface area contributed by atoms with E-state index in [2.05, 4.69) is 0 Å². The lowest BCUT2D eigenvalue weighted by molar-refractivity contribution is -0.159. The van der Waals surface area contributed by atoms with Gasteiger partial charge in [-0.2, -0.15) is 0 Å². The van der Waals surface area contributed by atoms with Crippen molar-refractivity contribution in [1.82, 2.24) is 19.6 Å². The first-order valence-corrected chi connectivity index (χ1v) is 26.3. The summed E-state index contributed by atoms with van der Waals surface area (Å²) in [5.74, 6) is -1.80. The van der Waals surface area contributed by atoms with Crippen LogP contribution in [-0.4, -0.2) is 111 Å². The van der Waals surface area contributed by atoms with E-state index in [1.54, 1.807) is 99.0 Å². The number of sulfonamides is 2. The normalized spacial score (nSPS) is 27.9. The van der Waals surface area contributed by atoms with Gasteiger partial charge in [0, 0.05) is 26.9 Å². The maximum Gasteiger partial charge on any atom is 0.266 e. The Morgan fingerprint density at radius 1 is 0.429 bits per heavy atom. The quantitative estimate of drug-likeness (QED) is 0.189. The Balaban J connectivity index is 1.16. The summed E-state index contributed by atoms with van der Waals surface area (Å²) in [6.07, 6.45) is -3.06. The monoisotopic (exact) mass is 972 g/mol. The molecule has 0 saturated carbocycles. The number of para-hydroxylation sites is 2. The molecule has 6 aliphatic heterocycles. The number of hydrogen-bond acceptors (Lipinski definition) is 8. The van der Waals surface area contributed by atoms with Crippen LogP contribution in [0.25, 0.3) is 0 Å². The Morgan fingerprint density at radius 2 is 0.743 bits per heavy atom. The van der Waals surface area contributed by atoms with E-state index in [0.717, 1.165) is 11.1 Å². The lowest BCUT2D eigenvalue weighted by Crippen LogP contribution is -2.70. The van der Waals surface area contributed by atoms with E-state index in [-0.39, 0.29) is 46.8 Å². The van der Waals surface area contributed by atoms with Gasteiger partial charge in [0.15, 0.2) is 0 Å². The summed E-state index contributed by atoms with van der Waals surface area (Å²) in [5.41, 5.74) is -0.438. The van der Waals surface area contributed by atoms with E-state index in [1.165, 1.54) is 52.5 Å². The van der Waals surface area contributed by atoms with Crippen LogP contribution < -0.4 is 8.61 Å². The van der Waals surface area contributed by atoms with Gasteiger partial charge in [-0.25, -0.2) is 25.4 Å². The molecular weight excluding hydrogens is 925 g/mol. The minimum atomic E-state index is -4.62. The van der Waals surface area contributed by atoms with Crippen molar-refractivity contribution < 1.29 is 36.0 Å². The number of benzene rings is 6. The number of amides is 4. The molecule has 14 nitrogen and oxygen atoms in total. The molecular formula is C54H48N6O8S2. The van der Waals surface area contributed by atoms with Crippen LogP contribution in [0.2, 0.25) is 0 Å². The highest BCUT2D eigenvalue weighted by molar-refractivity contribution is 7.93.